The van der Waals surface area contributed by atoms with Gasteiger partial charge < -0.3 is 25.6 Å². The predicted octanol–water partition coefficient (Wildman–Crippen LogP) is 3.60. The van der Waals surface area contributed by atoms with Crippen LogP contribution in [-0.2, 0) is 9.59 Å². The lowest BCUT2D eigenvalue weighted by molar-refractivity contribution is -0.120. The molecule has 8 nitrogen and oxygen atoms in total. The minimum Gasteiger partial charge on any atom is -0.493 e. The predicted molar refractivity (Wildman–Crippen MR) is 119 cm³/mol. The van der Waals surface area contributed by atoms with Gasteiger partial charge in [0.05, 0.1) is 12.8 Å². The lowest BCUT2D eigenvalue weighted by atomic mass is 9.88. The van der Waals surface area contributed by atoms with Crippen molar-refractivity contribution >= 4 is 34.8 Å². The molecule has 1 atom stereocenters. The number of nitrogens with two attached hydrogens (primary N) is 1. The molecule has 1 aliphatic rings. The van der Waals surface area contributed by atoms with Crippen LogP contribution >= 0.6 is 11.3 Å². The molecule has 0 fully saturated rings. The van der Waals surface area contributed by atoms with E-state index in [1.54, 1.807) is 18.2 Å². The van der Waals surface area contributed by atoms with Crippen molar-refractivity contribution in [3.8, 4) is 22.6 Å². The molecule has 0 bridgehead atoms. The number of fused-ring (bicyclic) bond motifs is 1. The standard InChI is InChI=1S/C23H19FN2O6S/c1-31-16-8-12(4-7-15(16)32-10-17(25)27)14-9-18(28)26-20-19(11-2-5-13(24)6-3-11)22(23(29)30)33-21(14)20/h2-8,14H,9-10H2,1H3,(H2,25,27)(H,26,28)(H,29,30)/t14-/m0/s1. The van der Waals surface area contributed by atoms with Crippen molar-refractivity contribution in [2.24, 2.45) is 5.73 Å². The monoisotopic (exact) mass is 470 g/mol. The smallest absolute Gasteiger partial charge is 0.346 e. The number of anilines is 1. The molecule has 4 rings (SSSR count). The van der Waals surface area contributed by atoms with Crippen molar-refractivity contribution in [2.45, 2.75) is 12.3 Å². The largest absolute Gasteiger partial charge is 0.493 e. The van der Waals surface area contributed by atoms with E-state index in [1.165, 1.54) is 31.4 Å². The van der Waals surface area contributed by atoms with Crippen LogP contribution in [0, 0.1) is 5.82 Å². The Labute approximate surface area is 191 Å². The van der Waals surface area contributed by atoms with Crippen molar-refractivity contribution in [1.29, 1.82) is 0 Å². The van der Waals surface area contributed by atoms with E-state index < -0.39 is 23.6 Å². The number of nitrogens with one attached hydrogen (secondary N) is 1. The van der Waals surface area contributed by atoms with Gasteiger partial charge in [-0.1, -0.05) is 18.2 Å². The van der Waals surface area contributed by atoms with E-state index in [1.807, 2.05) is 0 Å². The van der Waals surface area contributed by atoms with E-state index in [0.29, 0.717) is 38.8 Å². The van der Waals surface area contributed by atoms with Gasteiger partial charge in [0.15, 0.2) is 18.1 Å². The third-order valence-electron chi connectivity index (χ3n) is 5.19. The number of carboxylic acids is 1. The SMILES string of the molecule is COc1cc([C@@H]2CC(=O)Nc3c2sc(C(=O)O)c3-c2ccc(F)cc2)ccc1OCC(N)=O. The molecule has 10 heteroatoms. The normalized spacial score (nSPS) is 14.8. The summed E-state index contributed by atoms with van der Waals surface area (Å²) in [7, 11) is 1.44. The number of carbonyl (C=O) groups excluding carboxylic acids is 2. The fourth-order valence-electron chi connectivity index (χ4n) is 3.77. The van der Waals surface area contributed by atoms with Gasteiger partial charge in [-0.15, -0.1) is 11.3 Å². The Bertz CT molecular complexity index is 1250. The fraction of sp³-hybridized carbons (Fsp3) is 0.174. The molecule has 4 N–H and O–H groups in total. The molecule has 2 aromatic carbocycles. The van der Waals surface area contributed by atoms with Crippen molar-refractivity contribution in [1.82, 2.24) is 0 Å². The summed E-state index contributed by atoms with van der Waals surface area (Å²) < 4.78 is 24.2. The first kappa shape index (κ1) is 22.3. The molecule has 170 valence electrons. The van der Waals surface area contributed by atoms with Gasteiger partial charge in [-0.05, 0) is 35.4 Å². The number of thiophene rings is 1. The Balaban J connectivity index is 1.82. The number of hydrogen-bond acceptors (Lipinski definition) is 6. The molecule has 1 aromatic heterocycles. The topological polar surface area (TPSA) is 128 Å². The highest BCUT2D eigenvalue weighted by Crippen LogP contribution is 2.50. The minimum atomic E-state index is -1.14. The van der Waals surface area contributed by atoms with E-state index in [4.69, 9.17) is 15.2 Å². The van der Waals surface area contributed by atoms with Crippen LogP contribution in [-0.4, -0.2) is 36.6 Å². The quantitative estimate of drug-likeness (QED) is 0.484. The van der Waals surface area contributed by atoms with E-state index in [9.17, 15) is 23.9 Å². The maximum atomic E-state index is 13.4. The lowest BCUT2D eigenvalue weighted by Gasteiger charge is -2.24. The van der Waals surface area contributed by atoms with Gasteiger partial charge in [0.1, 0.15) is 10.7 Å². The average Bonchev–Trinajstić information content (AvgIpc) is 3.17. The Morgan fingerprint density at radius 2 is 1.94 bits per heavy atom. The molecule has 3 aromatic rings. The van der Waals surface area contributed by atoms with Crippen LogP contribution in [0.5, 0.6) is 11.5 Å². The van der Waals surface area contributed by atoms with Crippen LogP contribution < -0.4 is 20.5 Å². The molecular weight excluding hydrogens is 451 g/mol. The van der Waals surface area contributed by atoms with E-state index in [0.717, 1.165) is 11.3 Å². The maximum absolute atomic E-state index is 13.4. The van der Waals surface area contributed by atoms with Gasteiger partial charge in [0.2, 0.25) is 5.91 Å². The first-order valence-corrected chi connectivity index (χ1v) is 10.6. The Morgan fingerprint density at radius 3 is 2.58 bits per heavy atom. The third kappa shape index (κ3) is 4.37. The van der Waals surface area contributed by atoms with Crippen LogP contribution in [0.15, 0.2) is 42.5 Å². The summed E-state index contributed by atoms with van der Waals surface area (Å²) in [5, 5.41) is 12.6. The van der Waals surface area contributed by atoms with Gasteiger partial charge in [0, 0.05) is 22.8 Å². The highest BCUT2D eigenvalue weighted by atomic mass is 32.1. The summed E-state index contributed by atoms with van der Waals surface area (Å²) in [6.07, 6.45) is 0.0973. The van der Waals surface area contributed by atoms with Crippen LogP contribution in [0.2, 0.25) is 0 Å². The number of ether oxygens (including phenoxy) is 2. The molecule has 2 heterocycles. The molecule has 0 aliphatic carbocycles. The Kier molecular flexibility index (Phi) is 6.01. The minimum absolute atomic E-state index is 0.0483. The van der Waals surface area contributed by atoms with Gasteiger partial charge in [-0.3, -0.25) is 9.59 Å². The average molecular weight is 470 g/mol. The number of halogens is 1. The third-order valence-corrected chi connectivity index (χ3v) is 6.48. The summed E-state index contributed by atoms with van der Waals surface area (Å²) in [4.78, 5) is 36.4. The fourth-order valence-corrected chi connectivity index (χ4v) is 5.01. The van der Waals surface area contributed by atoms with Gasteiger partial charge in [0.25, 0.3) is 5.91 Å². The molecule has 1 aliphatic heterocycles. The lowest BCUT2D eigenvalue weighted by Crippen LogP contribution is -2.22. The molecule has 0 saturated heterocycles. The van der Waals surface area contributed by atoms with E-state index >= 15 is 0 Å². The molecule has 2 amide bonds. The number of methoxy groups -OCH3 is 1. The van der Waals surface area contributed by atoms with Gasteiger partial charge in [-0.2, -0.15) is 0 Å². The second-order valence-corrected chi connectivity index (χ2v) is 8.38. The number of amides is 2. The zero-order valence-electron chi connectivity index (χ0n) is 17.4. The first-order chi connectivity index (χ1) is 15.8. The van der Waals surface area contributed by atoms with Crippen LogP contribution in [0.25, 0.3) is 11.1 Å². The van der Waals surface area contributed by atoms with Crippen molar-refractivity contribution < 1.29 is 33.4 Å². The highest BCUT2D eigenvalue weighted by molar-refractivity contribution is 7.15. The Hall–Kier alpha value is -3.92. The molecule has 0 unspecified atom stereocenters. The summed E-state index contributed by atoms with van der Waals surface area (Å²) in [5.41, 5.74) is 7.06. The zero-order valence-corrected chi connectivity index (χ0v) is 18.2. The number of benzene rings is 2. The van der Waals surface area contributed by atoms with E-state index in [2.05, 4.69) is 5.32 Å². The van der Waals surface area contributed by atoms with Crippen LogP contribution in [0.1, 0.15) is 32.5 Å². The molecule has 0 spiro atoms. The number of aromatic carboxylic acids is 1. The number of hydrogen-bond donors (Lipinski definition) is 3. The number of rotatable bonds is 7. The summed E-state index contributed by atoms with van der Waals surface area (Å²) in [5.74, 6) is -2.30. The van der Waals surface area contributed by atoms with Gasteiger partial charge in [-0.25, -0.2) is 9.18 Å². The highest BCUT2D eigenvalue weighted by Gasteiger charge is 2.34. The zero-order chi connectivity index (χ0) is 23.7. The number of carbonyl (C=O) groups is 3. The summed E-state index contributed by atoms with van der Waals surface area (Å²) in [6.45, 7) is -0.320. The van der Waals surface area contributed by atoms with Crippen molar-refractivity contribution in [3.63, 3.8) is 0 Å². The molecular formula is C23H19FN2O6S. The van der Waals surface area contributed by atoms with Crippen LogP contribution in [0.4, 0.5) is 10.1 Å². The molecule has 0 radical (unpaired) electrons. The molecule has 0 saturated carbocycles. The van der Waals surface area contributed by atoms with Crippen molar-refractivity contribution in [3.05, 3.63) is 63.6 Å². The summed E-state index contributed by atoms with van der Waals surface area (Å²) in [6, 6.07) is 10.5. The second-order valence-electron chi connectivity index (χ2n) is 7.33. The summed E-state index contributed by atoms with van der Waals surface area (Å²) >= 11 is 1.06. The molecule has 33 heavy (non-hydrogen) atoms. The maximum Gasteiger partial charge on any atom is 0.346 e. The van der Waals surface area contributed by atoms with Gasteiger partial charge >= 0.3 is 5.97 Å². The number of carboxylic acid groups (broad SMARTS) is 1. The number of primary amides is 1. The van der Waals surface area contributed by atoms with Crippen molar-refractivity contribution in [2.75, 3.05) is 19.0 Å². The van der Waals surface area contributed by atoms with E-state index in [-0.39, 0.29) is 23.8 Å². The second kappa shape index (κ2) is 8.91. The first-order valence-electron chi connectivity index (χ1n) is 9.83. The van der Waals surface area contributed by atoms with Crippen LogP contribution in [0.3, 0.4) is 0 Å². The Morgan fingerprint density at radius 1 is 1.21 bits per heavy atom.